The molecule has 2 N–H and O–H groups in total. The van der Waals surface area contributed by atoms with Crippen LogP contribution in [0.2, 0.25) is 0 Å². The van der Waals surface area contributed by atoms with Crippen LogP contribution in [0.3, 0.4) is 0 Å². The van der Waals surface area contributed by atoms with Crippen LogP contribution in [0.15, 0.2) is 18.3 Å². The van der Waals surface area contributed by atoms with Crippen LogP contribution in [0.4, 0.5) is 5.82 Å². The van der Waals surface area contributed by atoms with Gasteiger partial charge in [0.25, 0.3) is 0 Å². The van der Waals surface area contributed by atoms with Gasteiger partial charge in [0.2, 0.25) is 0 Å². The summed E-state index contributed by atoms with van der Waals surface area (Å²) in [6.07, 6.45) is 7.06. The van der Waals surface area contributed by atoms with E-state index in [1.165, 1.54) is 25.7 Å². The topological polar surface area (TPSA) is 42.1 Å². The van der Waals surface area contributed by atoms with Gasteiger partial charge in [-0.1, -0.05) is 13.0 Å². The van der Waals surface area contributed by atoms with Gasteiger partial charge < -0.3 is 10.6 Å². The molecule has 0 saturated carbocycles. The van der Waals surface area contributed by atoms with Crippen LogP contribution >= 0.6 is 0 Å². The molecular weight excluding hydrogens is 210 g/mol. The quantitative estimate of drug-likeness (QED) is 0.873. The number of rotatable bonds is 3. The molecule has 1 aromatic rings. The van der Waals surface area contributed by atoms with Gasteiger partial charge in [0.05, 0.1) is 0 Å². The Morgan fingerprint density at radius 3 is 2.88 bits per heavy atom. The predicted molar refractivity (Wildman–Crippen MR) is 72.1 cm³/mol. The van der Waals surface area contributed by atoms with Crippen molar-refractivity contribution in [1.29, 1.82) is 0 Å². The molecule has 3 nitrogen and oxygen atoms in total. The predicted octanol–water partition coefficient (Wildman–Crippen LogP) is 2.87. The SMILES string of the molecule is CCC1CCCCN1c1ccc(C(C)N)cn1. The summed E-state index contributed by atoms with van der Waals surface area (Å²) in [7, 11) is 0. The summed E-state index contributed by atoms with van der Waals surface area (Å²) in [4.78, 5) is 7.02. The molecule has 1 aliphatic heterocycles. The summed E-state index contributed by atoms with van der Waals surface area (Å²) in [6.45, 7) is 5.40. The number of aromatic nitrogens is 1. The second-order valence-corrected chi connectivity index (χ2v) is 4.99. The second kappa shape index (κ2) is 5.50. The molecule has 0 aromatic carbocycles. The summed E-state index contributed by atoms with van der Waals surface area (Å²) < 4.78 is 0. The molecule has 1 saturated heterocycles. The number of hydrogen-bond donors (Lipinski definition) is 1. The van der Waals surface area contributed by atoms with Crippen LogP contribution in [0.1, 0.15) is 51.1 Å². The maximum Gasteiger partial charge on any atom is 0.128 e. The Bertz CT molecular complexity index is 345. The first-order chi connectivity index (χ1) is 8.22. The molecule has 0 spiro atoms. The average Bonchev–Trinajstić information content (AvgIpc) is 2.39. The number of pyridine rings is 1. The fourth-order valence-electron chi connectivity index (χ4n) is 2.56. The Labute approximate surface area is 104 Å². The molecule has 2 rings (SSSR count). The third kappa shape index (κ3) is 2.78. The Kier molecular flexibility index (Phi) is 4.00. The van der Waals surface area contributed by atoms with Crippen LogP contribution in [-0.4, -0.2) is 17.6 Å². The zero-order valence-corrected chi connectivity index (χ0v) is 10.9. The summed E-state index contributed by atoms with van der Waals surface area (Å²) in [5.74, 6) is 1.11. The van der Waals surface area contributed by atoms with Crippen LogP contribution in [-0.2, 0) is 0 Å². The van der Waals surface area contributed by atoms with Gasteiger partial charge in [-0.15, -0.1) is 0 Å². The highest BCUT2D eigenvalue weighted by Gasteiger charge is 2.21. The lowest BCUT2D eigenvalue weighted by Crippen LogP contribution is -2.39. The molecule has 2 heterocycles. The third-order valence-corrected chi connectivity index (χ3v) is 3.69. The van der Waals surface area contributed by atoms with Crippen molar-refractivity contribution >= 4 is 5.82 Å². The molecule has 3 heteroatoms. The van der Waals surface area contributed by atoms with Gasteiger partial charge in [-0.3, -0.25) is 0 Å². The van der Waals surface area contributed by atoms with Crippen LogP contribution in [0.5, 0.6) is 0 Å². The van der Waals surface area contributed by atoms with Crippen molar-refractivity contribution < 1.29 is 0 Å². The van der Waals surface area contributed by atoms with Crippen molar-refractivity contribution in [2.24, 2.45) is 5.73 Å². The van der Waals surface area contributed by atoms with Crippen molar-refractivity contribution in [3.8, 4) is 0 Å². The van der Waals surface area contributed by atoms with E-state index in [-0.39, 0.29) is 6.04 Å². The molecule has 1 aromatic heterocycles. The number of piperidine rings is 1. The van der Waals surface area contributed by atoms with Crippen LogP contribution in [0, 0.1) is 0 Å². The first-order valence-corrected chi connectivity index (χ1v) is 6.70. The highest BCUT2D eigenvalue weighted by molar-refractivity contribution is 5.41. The normalized spacial score (nSPS) is 22.5. The minimum Gasteiger partial charge on any atom is -0.354 e. The minimum atomic E-state index is 0.0693. The molecule has 0 aliphatic carbocycles. The van der Waals surface area contributed by atoms with E-state index >= 15 is 0 Å². The lowest BCUT2D eigenvalue weighted by atomic mass is 10.00. The van der Waals surface area contributed by atoms with Crippen molar-refractivity contribution in [2.75, 3.05) is 11.4 Å². The molecule has 2 unspecified atom stereocenters. The van der Waals surface area contributed by atoms with E-state index in [9.17, 15) is 0 Å². The van der Waals surface area contributed by atoms with Gasteiger partial charge >= 0.3 is 0 Å². The molecular formula is C14H23N3. The Hall–Kier alpha value is -1.09. The molecule has 94 valence electrons. The maximum absolute atomic E-state index is 5.84. The summed E-state index contributed by atoms with van der Waals surface area (Å²) >= 11 is 0. The monoisotopic (exact) mass is 233 g/mol. The zero-order chi connectivity index (χ0) is 12.3. The van der Waals surface area contributed by atoms with E-state index in [0.717, 1.165) is 17.9 Å². The fourth-order valence-corrected chi connectivity index (χ4v) is 2.56. The summed E-state index contributed by atoms with van der Waals surface area (Å²) in [5, 5.41) is 0. The molecule has 2 atom stereocenters. The Morgan fingerprint density at radius 1 is 1.47 bits per heavy atom. The van der Waals surface area contributed by atoms with E-state index in [1.54, 1.807) is 0 Å². The Balaban J connectivity index is 2.15. The third-order valence-electron chi connectivity index (χ3n) is 3.69. The van der Waals surface area contributed by atoms with Crippen molar-refractivity contribution in [3.63, 3.8) is 0 Å². The fraction of sp³-hybridized carbons (Fsp3) is 0.643. The molecule has 0 amide bonds. The van der Waals surface area contributed by atoms with E-state index < -0.39 is 0 Å². The Morgan fingerprint density at radius 2 is 2.29 bits per heavy atom. The van der Waals surface area contributed by atoms with Crippen LogP contribution in [0.25, 0.3) is 0 Å². The second-order valence-electron chi connectivity index (χ2n) is 4.99. The minimum absolute atomic E-state index is 0.0693. The van der Waals surface area contributed by atoms with E-state index in [4.69, 9.17) is 5.73 Å². The van der Waals surface area contributed by atoms with E-state index in [0.29, 0.717) is 6.04 Å². The largest absolute Gasteiger partial charge is 0.354 e. The number of nitrogens with two attached hydrogens (primary N) is 1. The van der Waals surface area contributed by atoms with E-state index in [2.05, 4.69) is 28.9 Å². The zero-order valence-electron chi connectivity index (χ0n) is 10.9. The summed E-state index contributed by atoms with van der Waals surface area (Å²) in [6, 6.07) is 4.96. The van der Waals surface area contributed by atoms with Crippen LogP contribution < -0.4 is 10.6 Å². The number of nitrogens with zero attached hydrogens (tertiary/aromatic N) is 2. The van der Waals surface area contributed by atoms with E-state index in [1.807, 2.05) is 13.1 Å². The van der Waals surface area contributed by atoms with Crippen molar-refractivity contribution in [3.05, 3.63) is 23.9 Å². The van der Waals surface area contributed by atoms with Gasteiger partial charge in [0.15, 0.2) is 0 Å². The summed E-state index contributed by atoms with van der Waals surface area (Å²) in [5.41, 5.74) is 6.95. The number of hydrogen-bond acceptors (Lipinski definition) is 3. The maximum atomic E-state index is 5.84. The average molecular weight is 233 g/mol. The smallest absolute Gasteiger partial charge is 0.128 e. The first-order valence-electron chi connectivity index (χ1n) is 6.70. The highest BCUT2D eigenvalue weighted by atomic mass is 15.2. The lowest BCUT2D eigenvalue weighted by Gasteiger charge is -2.36. The first kappa shape index (κ1) is 12.4. The lowest BCUT2D eigenvalue weighted by molar-refractivity contribution is 0.447. The van der Waals surface area contributed by atoms with Crippen molar-refractivity contribution in [2.45, 2.75) is 51.6 Å². The van der Waals surface area contributed by atoms with Gasteiger partial charge in [-0.25, -0.2) is 4.98 Å². The molecule has 0 radical (unpaired) electrons. The molecule has 1 fully saturated rings. The van der Waals surface area contributed by atoms with Crippen molar-refractivity contribution in [1.82, 2.24) is 4.98 Å². The van der Waals surface area contributed by atoms with Gasteiger partial charge in [0.1, 0.15) is 5.82 Å². The molecule has 0 bridgehead atoms. The highest BCUT2D eigenvalue weighted by Crippen LogP contribution is 2.25. The van der Waals surface area contributed by atoms with Gasteiger partial charge in [0, 0.05) is 24.8 Å². The molecule has 1 aliphatic rings. The molecule has 17 heavy (non-hydrogen) atoms. The number of anilines is 1. The standard InChI is InChI=1S/C14H23N3/c1-3-13-6-4-5-9-17(13)14-8-7-12(10-16-14)11(2)15/h7-8,10-11,13H,3-6,9,15H2,1-2H3. The van der Waals surface area contributed by atoms with Gasteiger partial charge in [-0.2, -0.15) is 0 Å². The van der Waals surface area contributed by atoms with Gasteiger partial charge in [-0.05, 0) is 44.2 Å².